The summed E-state index contributed by atoms with van der Waals surface area (Å²) >= 11 is 2.34. The largest absolute Gasteiger partial charge is 0.515 e. The lowest BCUT2D eigenvalue weighted by Crippen LogP contribution is -2.38. The number of hydrogen-bond donors (Lipinski definition) is 1. The number of nitrogens with zero attached hydrogens (tertiary/aromatic N) is 2. The molecule has 248 valence electrons. The zero-order valence-corrected chi connectivity index (χ0v) is 30.4. The molecular weight excluding hydrogens is 667 g/mol. The summed E-state index contributed by atoms with van der Waals surface area (Å²) in [5.74, 6) is -0.361. The van der Waals surface area contributed by atoms with Crippen LogP contribution in [0.4, 0.5) is 9.59 Å². The minimum atomic E-state index is -0.567. The smallest absolute Gasteiger partial charge is 0.410 e. The van der Waals surface area contributed by atoms with E-state index in [0.717, 1.165) is 10.2 Å². The average molecular weight is 723 g/mol. The Hall–Kier alpha value is -2.31. The van der Waals surface area contributed by atoms with Crippen LogP contribution in [-0.2, 0) is 23.8 Å². The number of carbonyl (C=O) groups excluding carboxylic acids is 4. The molecule has 2 aliphatic rings. The van der Waals surface area contributed by atoms with Crippen LogP contribution in [0.2, 0.25) is 0 Å². The van der Waals surface area contributed by atoms with Gasteiger partial charge < -0.3 is 29.1 Å². The molecule has 0 aromatic rings. The van der Waals surface area contributed by atoms with E-state index in [0.29, 0.717) is 31.5 Å². The maximum atomic E-state index is 12.3. The Kier molecular flexibility index (Phi) is 17.5. The van der Waals surface area contributed by atoms with Gasteiger partial charge in [0.25, 0.3) is 0 Å². The zero-order valence-electron chi connectivity index (χ0n) is 28.3. The second-order valence-electron chi connectivity index (χ2n) is 13.4. The lowest BCUT2D eigenvalue weighted by Gasteiger charge is -2.26. The molecule has 43 heavy (non-hydrogen) atoms. The van der Waals surface area contributed by atoms with E-state index in [9.17, 15) is 19.2 Å². The van der Waals surface area contributed by atoms with Gasteiger partial charge in [-0.15, -0.1) is 0 Å². The van der Waals surface area contributed by atoms with Gasteiger partial charge in [-0.1, -0.05) is 50.3 Å². The minimum Gasteiger partial charge on any atom is -0.515 e. The summed E-state index contributed by atoms with van der Waals surface area (Å²) < 4.78 is 16.9. The van der Waals surface area contributed by atoms with E-state index in [4.69, 9.17) is 19.3 Å². The predicted molar refractivity (Wildman–Crippen MR) is 177 cm³/mol. The number of ether oxygens (including phenoxy) is 3. The summed E-state index contributed by atoms with van der Waals surface area (Å²) in [6.07, 6.45) is 2.66. The van der Waals surface area contributed by atoms with Crippen molar-refractivity contribution in [2.24, 2.45) is 11.8 Å². The van der Waals surface area contributed by atoms with E-state index in [1.54, 1.807) is 32.6 Å². The molecule has 2 atom stereocenters. The highest BCUT2D eigenvalue weighted by Gasteiger charge is 2.31. The molecule has 0 spiro atoms. The van der Waals surface area contributed by atoms with Crippen molar-refractivity contribution in [3.63, 3.8) is 0 Å². The van der Waals surface area contributed by atoms with Crippen LogP contribution in [0.15, 0.2) is 23.7 Å². The highest BCUT2D eigenvalue weighted by molar-refractivity contribution is 14.1. The van der Waals surface area contributed by atoms with Crippen molar-refractivity contribution in [2.45, 2.75) is 117 Å². The highest BCUT2D eigenvalue weighted by Crippen LogP contribution is 2.21. The first-order chi connectivity index (χ1) is 19.6. The fraction of sp³-hybridized carbons (Fsp3) is 0.750. The summed E-state index contributed by atoms with van der Waals surface area (Å²) in [7, 11) is 0. The molecule has 2 saturated heterocycles. The van der Waals surface area contributed by atoms with Crippen LogP contribution in [0.5, 0.6) is 0 Å². The molecule has 0 saturated carbocycles. The number of carbonyl (C=O) groups is 4. The van der Waals surface area contributed by atoms with Crippen molar-refractivity contribution < 1.29 is 38.5 Å². The Bertz CT molecular complexity index is 990. The number of aliphatic hydroxyl groups is 1. The molecule has 0 radical (unpaired) electrons. The standard InChI is InChI=1S/C16H27NO4.C13H21NO4.C3H7I/c1-11(2)20-10-13-9-17(8-7-12(3)14(13)18)15(19)21-16(4,5)6;1-9-5-6-14(7-10(8-15)11(9)16)12(17)18-13(2,3)4;1-3(2)4/h10-12H,7-9H2,1-6H3;8-9,15H,5-7H2,1-4H3;3H,1-2H3/b13-10+;10-8+;. The highest BCUT2D eigenvalue weighted by atomic mass is 127. The van der Waals surface area contributed by atoms with Gasteiger partial charge in [-0.25, -0.2) is 9.59 Å². The van der Waals surface area contributed by atoms with Crippen molar-refractivity contribution in [1.82, 2.24) is 9.80 Å². The number of alkyl halides is 1. The Morgan fingerprint density at radius 3 is 1.49 bits per heavy atom. The Labute approximate surface area is 272 Å². The fourth-order valence-electron chi connectivity index (χ4n) is 3.70. The van der Waals surface area contributed by atoms with Gasteiger partial charge in [0.1, 0.15) is 11.2 Å². The molecule has 0 aromatic carbocycles. The summed E-state index contributed by atoms with van der Waals surface area (Å²) in [5, 5.41) is 9.07. The number of aliphatic hydroxyl groups excluding tert-OH is 1. The van der Waals surface area contributed by atoms with Gasteiger partial charge in [0.2, 0.25) is 0 Å². The van der Waals surface area contributed by atoms with Crippen molar-refractivity contribution in [3.05, 3.63) is 23.7 Å². The molecule has 2 aliphatic heterocycles. The Morgan fingerprint density at radius 1 is 0.814 bits per heavy atom. The Morgan fingerprint density at radius 2 is 1.16 bits per heavy atom. The third-order valence-electron chi connectivity index (χ3n) is 5.86. The monoisotopic (exact) mass is 722 g/mol. The van der Waals surface area contributed by atoms with Crippen molar-refractivity contribution in [2.75, 3.05) is 26.2 Å². The van der Waals surface area contributed by atoms with E-state index >= 15 is 0 Å². The van der Waals surface area contributed by atoms with Crippen LogP contribution in [-0.4, -0.2) is 86.1 Å². The van der Waals surface area contributed by atoms with Gasteiger partial charge in [0.05, 0.1) is 31.7 Å². The number of rotatable bonds is 2. The van der Waals surface area contributed by atoms with Crippen LogP contribution in [0, 0.1) is 11.8 Å². The molecule has 2 amide bonds. The van der Waals surface area contributed by atoms with Gasteiger partial charge in [-0.2, -0.15) is 0 Å². The first-order valence-corrected chi connectivity index (χ1v) is 16.2. The van der Waals surface area contributed by atoms with Crippen molar-refractivity contribution >= 4 is 46.3 Å². The number of ketones is 2. The first-order valence-electron chi connectivity index (χ1n) is 14.9. The summed E-state index contributed by atoms with van der Waals surface area (Å²) in [6, 6.07) is 0. The van der Waals surface area contributed by atoms with E-state index < -0.39 is 17.3 Å². The second kappa shape index (κ2) is 18.5. The molecule has 10 nitrogen and oxygen atoms in total. The molecule has 1 N–H and O–H groups in total. The van der Waals surface area contributed by atoms with Gasteiger partial charge >= 0.3 is 12.2 Å². The first kappa shape index (κ1) is 40.7. The SMILES string of the molecule is CC(C)I.CC(C)O/C=C1\CN(C(=O)OC(C)(C)C)CCC(C)C1=O.CC1CCN(C(=O)OC(C)(C)C)C/C(=C\O)C1=O. The molecule has 2 fully saturated rings. The van der Waals surface area contributed by atoms with Crippen LogP contribution < -0.4 is 0 Å². The number of halogens is 1. The molecule has 0 aliphatic carbocycles. The lowest BCUT2D eigenvalue weighted by molar-refractivity contribution is -0.119. The summed E-state index contributed by atoms with van der Waals surface area (Å²) in [5.41, 5.74) is -0.329. The zero-order chi connectivity index (χ0) is 33.7. The molecule has 2 heterocycles. The average Bonchev–Trinajstić information content (AvgIpc) is 3.08. The van der Waals surface area contributed by atoms with Gasteiger partial charge in [-0.05, 0) is 68.2 Å². The maximum absolute atomic E-state index is 12.3. The third-order valence-corrected chi connectivity index (χ3v) is 5.86. The molecule has 0 bridgehead atoms. The molecule has 2 rings (SSSR count). The van der Waals surface area contributed by atoms with Crippen molar-refractivity contribution in [1.29, 1.82) is 0 Å². The number of likely N-dealkylation sites (tertiary alicyclic amines) is 2. The summed E-state index contributed by atoms with van der Waals surface area (Å²) in [4.78, 5) is 51.2. The Balaban J connectivity index is 0.000000736. The van der Waals surface area contributed by atoms with Crippen LogP contribution in [0.1, 0.15) is 95.9 Å². The fourth-order valence-corrected chi connectivity index (χ4v) is 3.70. The van der Waals surface area contributed by atoms with E-state index in [1.165, 1.54) is 11.2 Å². The molecule has 0 aromatic heterocycles. The van der Waals surface area contributed by atoms with E-state index in [2.05, 4.69) is 36.4 Å². The second-order valence-corrected chi connectivity index (χ2v) is 15.9. The van der Waals surface area contributed by atoms with Gasteiger partial charge in [0.15, 0.2) is 11.6 Å². The molecular formula is C32H55IN2O8. The molecule has 11 heteroatoms. The topological polar surface area (TPSA) is 123 Å². The number of Topliss-reactive ketones (excluding diaryl/α,β-unsaturated/α-hetero) is 2. The third kappa shape index (κ3) is 17.5. The number of amides is 2. The summed E-state index contributed by atoms with van der Waals surface area (Å²) in [6.45, 7) is 24.0. The normalized spacial score (nSPS) is 21.8. The van der Waals surface area contributed by atoms with Gasteiger partial charge in [-0.3, -0.25) is 9.59 Å². The molecule has 2 unspecified atom stereocenters. The van der Waals surface area contributed by atoms with E-state index in [-0.39, 0.29) is 54.3 Å². The van der Waals surface area contributed by atoms with E-state index in [1.807, 2.05) is 41.5 Å². The lowest BCUT2D eigenvalue weighted by atomic mass is 9.99. The maximum Gasteiger partial charge on any atom is 0.410 e. The van der Waals surface area contributed by atoms with Crippen molar-refractivity contribution in [3.8, 4) is 0 Å². The minimum absolute atomic E-state index is 0.00108. The number of hydrogen-bond acceptors (Lipinski definition) is 8. The predicted octanol–water partition coefficient (Wildman–Crippen LogP) is 7.25. The quantitative estimate of drug-likeness (QED) is 0.137. The van der Waals surface area contributed by atoms with Gasteiger partial charge in [0, 0.05) is 40.0 Å². The van der Waals surface area contributed by atoms with Crippen LogP contribution in [0.25, 0.3) is 0 Å². The van der Waals surface area contributed by atoms with Crippen LogP contribution >= 0.6 is 22.6 Å². The van der Waals surface area contributed by atoms with Crippen LogP contribution in [0.3, 0.4) is 0 Å².